The van der Waals surface area contributed by atoms with E-state index < -0.39 is 0 Å². The molecule has 1 aromatic carbocycles. The minimum absolute atomic E-state index is 0. The van der Waals surface area contributed by atoms with Gasteiger partial charge in [0.05, 0.1) is 6.33 Å². The van der Waals surface area contributed by atoms with Crippen LogP contribution in [0.5, 0.6) is 0 Å². The second-order valence-electron chi connectivity index (χ2n) is 4.90. The molecule has 108 valence electrons. The maximum atomic E-state index is 4.29. The van der Waals surface area contributed by atoms with Crippen molar-refractivity contribution in [2.45, 2.75) is 19.3 Å². The van der Waals surface area contributed by atoms with Crippen molar-refractivity contribution in [2.75, 3.05) is 5.32 Å². The summed E-state index contributed by atoms with van der Waals surface area (Å²) < 4.78 is 1.17. The first-order valence-electron chi connectivity index (χ1n) is 6.53. The highest BCUT2D eigenvalue weighted by Gasteiger charge is 2.15. The van der Waals surface area contributed by atoms with Crippen molar-refractivity contribution in [3.63, 3.8) is 0 Å². The number of aryl methyl sites for hydroxylation is 1. The van der Waals surface area contributed by atoms with Crippen molar-refractivity contribution in [3.05, 3.63) is 40.4 Å². The molecule has 4 rings (SSSR count). The summed E-state index contributed by atoms with van der Waals surface area (Å²) in [5.74, 6) is 0.748. The number of hydrogen-bond acceptors (Lipinski definition) is 4. The lowest BCUT2D eigenvalue weighted by Gasteiger charge is -2.10. The molecule has 0 unspecified atom stereocenters. The molecule has 0 amide bonds. The van der Waals surface area contributed by atoms with E-state index in [9.17, 15) is 0 Å². The van der Waals surface area contributed by atoms with E-state index in [0.29, 0.717) is 5.65 Å². The molecule has 2 heterocycles. The fourth-order valence-electron chi connectivity index (χ4n) is 2.72. The summed E-state index contributed by atoms with van der Waals surface area (Å²) in [6.45, 7) is 0. The average Bonchev–Trinajstić information content (AvgIpc) is 3.06. The van der Waals surface area contributed by atoms with E-state index in [4.69, 9.17) is 0 Å². The molecule has 0 radical (unpaired) electrons. The van der Waals surface area contributed by atoms with Gasteiger partial charge in [0.1, 0.15) is 11.8 Å². The molecule has 21 heavy (non-hydrogen) atoms. The van der Waals surface area contributed by atoms with Crippen LogP contribution in [0, 0.1) is 0 Å². The molecule has 7 heteroatoms. The van der Waals surface area contributed by atoms with Crippen LogP contribution in [0.25, 0.3) is 11.2 Å². The van der Waals surface area contributed by atoms with Gasteiger partial charge in [-0.1, -0.05) is 15.9 Å². The molecule has 1 aliphatic carbocycles. The Bertz CT molecular complexity index is 801. The maximum Gasteiger partial charge on any atom is 0.182 e. The second-order valence-corrected chi connectivity index (χ2v) is 5.75. The lowest BCUT2D eigenvalue weighted by molar-refractivity contribution is 0.910. The van der Waals surface area contributed by atoms with E-state index in [1.165, 1.54) is 28.3 Å². The van der Waals surface area contributed by atoms with Crippen LogP contribution in [0.1, 0.15) is 17.5 Å². The summed E-state index contributed by atoms with van der Waals surface area (Å²) >= 11 is 3.66. The Morgan fingerprint density at radius 3 is 2.95 bits per heavy atom. The molecule has 0 fully saturated rings. The fourth-order valence-corrected chi connectivity index (χ4v) is 3.42. The summed E-state index contributed by atoms with van der Waals surface area (Å²) in [6.07, 6.45) is 6.69. The normalized spacial score (nSPS) is 13.0. The minimum atomic E-state index is 0. The molecule has 0 saturated heterocycles. The summed E-state index contributed by atoms with van der Waals surface area (Å²) in [6, 6.07) is 4.31. The van der Waals surface area contributed by atoms with Gasteiger partial charge in [-0.25, -0.2) is 15.0 Å². The van der Waals surface area contributed by atoms with Crippen LogP contribution in [-0.2, 0) is 12.8 Å². The van der Waals surface area contributed by atoms with Crippen LogP contribution < -0.4 is 5.32 Å². The van der Waals surface area contributed by atoms with Gasteiger partial charge >= 0.3 is 0 Å². The minimum Gasteiger partial charge on any atom is -0.340 e. The number of anilines is 2. The van der Waals surface area contributed by atoms with Gasteiger partial charge in [0.25, 0.3) is 0 Å². The molecule has 0 aliphatic heterocycles. The number of fused-ring (bicyclic) bond motifs is 2. The zero-order valence-electron chi connectivity index (χ0n) is 11.1. The molecule has 3 aromatic rings. The number of hydrogen-bond donors (Lipinski definition) is 2. The number of H-pyrrole nitrogens is 1. The van der Waals surface area contributed by atoms with E-state index in [1.54, 1.807) is 6.33 Å². The fraction of sp³-hybridized carbons (Fsp3) is 0.214. The molecule has 5 nitrogen and oxygen atoms in total. The monoisotopic (exact) mass is 365 g/mol. The second kappa shape index (κ2) is 5.61. The van der Waals surface area contributed by atoms with Crippen LogP contribution >= 0.6 is 28.3 Å². The van der Waals surface area contributed by atoms with Gasteiger partial charge in [-0.15, -0.1) is 12.4 Å². The van der Waals surface area contributed by atoms with Crippen LogP contribution in [0.3, 0.4) is 0 Å². The van der Waals surface area contributed by atoms with Crippen molar-refractivity contribution in [2.24, 2.45) is 0 Å². The van der Waals surface area contributed by atoms with Gasteiger partial charge in [0, 0.05) is 10.2 Å². The summed E-state index contributed by atoms with van der Waals surface area (Å²) in [5, 5.41) is 3.35. The van der Waals surface area contributed by atoms with E-state index in [1.807, 2.05) is 0 Å². The molecule has 0 saturated carbocycles. The zero-order chi connectivity index (χ0) is 13.5. The molecule has 1 aliphatic rings. The van der Waals surface area contributed by atoms with Crippen molar-refractivity contribution >= 4 is 51.0 Å². The first-order valence-corrected chi connectivity index (χ1v) is 7.33. The quantitative estimate of drug-likeness (QED) is 0.724. The SMILES string of the molecule is Brc1cc(Nc2ncnc3nc[nH]c23)cc2c1CCC2.Cl. The summed E-state index contributed by atoms with van der Waals surface area (Å²) in [7, 11) is 0. The Morgan fingerprint density at radius 2 is 2.05 bits per heavy atom. The van der Waals surface area contributed by atoms with Crippen molar-refractivity contribution in [1.82, 2.24) is 19.9 Å². The lowest BCUT2D eigenvalue weighted by Crippen LogP contribution is -1.97. The number of aromatic nitrogens is 4. The van der Waals surface area contributed by atoms with Crippen LogP contribution in [0.4, 0.5) is 11.5 Å². The summed E-state index contributed by atoms with van der Waals surface area (Å²) in [4.78, 5) is 15.6. The molecular formula is C14H13BrClN5. The van der Waals surface area contributed by atoms with Crippen molar-refractivity contribution in [3.8, 4) is 0 Å². The van der Waals surface area contributed by atoms with Gasteiger partial charge in [-0.3, -0.25) is 0 Å². The topological polar surface area (TPSA) is 66.5 Å². The number of aromatic amines is 1. The van der Waals surface area contributed by atoms with Gasteiger partial charge in [0.15, 0.2) is 11.5 Å². The number of imidazole rings is 1. The number of halogens is 2. The van der Waals surface area contributed by atoms with Crippen LogP contribution in [0.2, 0.25) is 0 Å². The highest BCUT2D eigenvalue weighted by atomic mass is 79.9. The van der Waals surface area contributed by atoms with Gasteiger partial charge in [-0.05, 0) is 42.5 Å². The van der Waals surface area contributed by atoms with Gasteiger partial charge in [0.2, 0.25) is 0 Å². The molecule has 2 aromatic heterocycles. The third kappa shape index (κ3) is 2.49. The van der Waals surface area contributed by atoms with E-state index in [-0.39, 0.29) is 12.4 Å². The molecule has 0 atom stereocenters. The third-order valence-corrected chi connectivity index (χ3v) is 4.35. The molecule has 2 N–H and O–H groups in total. The molecule has 0 spiro atoms. The zero-order valence-corrected chi connectivity index (χ0v) is 13.5. The number of nitrogens with one attached hydrogen (secondary N) is 2. The Hall–Kier alpha value is -1.66. The van der Waals surface area contributed by atoms with Crippen LogP contribution in [-0.4, -0.2) is 19.9 Å². The Labute approximate surface area is 136 Å². The molecule has 0 bridgehead atoms. The van der Waals surface area contributed by atoms with Crippen molar-refractivity contribution in [1.29, 1.82) is 0 Å². The third-order valence-electron chi connectivity index (χ3n) is 3.65. The first kappa shape index (κ1) is 14.3. The predicted octanol–water partition coefficient (Wildman–Crippen LogP) is 3.77. The Balaban J connectivity index is 0.00000132. The summed E-state index contributed by atoms with van der Waals surface area (Å²) in [5.41, 5.74) is 5.38. The first-order chi connectivity index (χ1) is 9.81. The number of rotatable bonds is 2. The number of benzene rings is 1. The predicted molar refractivity (Wildman–Crippen MR) is 88.4 cm³/mol. The lowest BCUT2D eigenvalue weighted by atomic mass is 10.1. The van der Waals surface area contributed by atoms with Crippen molar-refractivity contribution < 1.29 is 0 Å². The largest absolute Gasteiger partial charge is 0.340 e. The highest BCUT2D eigenvalue weighted by Crippen LogP contribution is 2.33. The van der Waals surface area contributed by atoms with Gasteiger partial charge < -0.3 is 10.3 Å². The average molecular weight is 367 g/mol. The van der Waals surface area contributed by atoms with Gasteiger partial charge in [-0.2, -0.15) is 0 Å². The maximum absolute atomic E-state index is 4.29. The standard InChI is InChI=1S/C14H12BrN5.ClH/c15-11-5-9(4-8-2-1-3-10(8)11)20-14-12-13(17-6-16-12)18-7-19-14;/h4-7H,1-3H2,(H2,16,17,18,19,20);1H. The smallest absolute Gasteiger partial charge is 0.182 e. The Kier molecular flexibility index (Phi) is 3.82. The van der Waals surface area contributed by atoms with E-state index in [2.05, 4.69) is 53.3 Å². The Morgan fingerprint density at radius 1 is 1.14 bits per heavy atom. The van der Waals surface area contributed by atoms with E-state index in [0.717, 1.165) is 29.9 Å². The van der Waals surface area contributed by atoms with E-state index >= 15 is 0 Å². The highest BCUT2D eigenvalue weighted by molar-refractivity contribution is 9.10. The molecular weight excluding hydrogens is 354 g/mol. The van der Waals surface area contributed by atoms with Crippen LogP contribution in [0.15, 0.2) is 29.3 Å². The number of nitrogens with zero attached hydrogens (tertiary/aromatic N) is 3.